The maximum atomic E-state index is 4.96. The molecule has 0 aromatic carbocycles. The van der Waals surface area contributed by atoms with E-state index in [9.17, 15) is 0 Å². The molecule has 0 bridgehead atoms. The van der Waals surface area contributed by atoms with Crippen molar-refractivity contribution in [3.63, 3.8) is 0 Å². The maximum absolute atomic E-state index is 4.96. The van der Waals surface area contributed by atoms with Crippen LogP contribution in [0.4, 0.5) is 0 Å². The quantitative estimate of drug-likeness (QED) is 0.359. The predicted octanol–water partition coefficient (Wildman–Crippen LogP) is -1.13. The van der Waals surface area contributed by atoms with Crippen molar-refractivity contribution in [2.75, 3.05) is 0 Å². The molecule has 1 nitrogen and oxygen atoms in total. The van der Waals surface area contributed by atoms with Gasteiger partial charge in [0.15, 0.2) is 0 Å². The molecule has 7 heavy (non-hydrogen) atoms. The van der Waals surface area contributed by atoms with Crippen molar-refractivity contribution in [1.29, 1.82) is 0 Å². The third-order valence-electron chi connectivity index (χ3n) is 1.12. The molecule has 1 heterocycles. The molecule has 0 atom stereocenters. The van der Waals surface area contributed by atoms with Gasteiger partial charge in [0.05, 0.1) is 0 Å². The van der Waals surface area contributed by atoms with Crippen molar-refractivity contribution >= 4 is 44.1 Å². The van der Waals surface area contributed by atoms with E-state index in [1.807, 2.05) is 41.5 Å². The van der Waals surface area contributed by atoms with Crippen LogP contribution in [0.3, 0.4) is 0 Å². The van der Waals surface area contributed by atoms with Gasteiger partial charge in [-0.15, -0.1) is 0 Å². The Hall–Kier alpha value is 0.475. The summed E-state index contributed by atoms with van der Waals surface area (Å²) in [6.45, 7) is 0. The molecular formula is C4H2Li2O. The molecule has 0 spiro atoms. The van der Waals surface area contributed by atoms with Gasteiger partial charge in [-0.25, -0.2) is 0 Å². The van der Waals surface area contributed by atoms with E-state index in [1.54, 1.807) is 6.26 Å². The van der Waals surface area contributed by atoms with Crippen LogP contribution in [0.25, 0.3) is 0 Å². The van der Waals surface area contributed by atoms with Gasteiger partial charge in [0.2, 0.25) is 0 Å². The predicted molar refractivity (Wildman–Crippen MR) is 29.5 cm³/mol. The average Bonchev–Trinajstić information content (AvgIpc) is 1.91. The van der Waals surface area contributed by atoms with Crippen molar-refractivity contribution in [1.82, 2.24) is 0 Å². The Morgan fingerprint density at radius 1 is 1.43 bits per heavy atom. The van der Waals surface area contributed by atoms with E-state index in [1.165, 1.54) is 4.24 Å². The zero-order valence-electron chi connectivity index (χ0n) is 4.56. The molecule has 1 aromatic heterocycles. The number of rotatable bonds is 0. The van der Waals surface area contributed by atoms with Gasteiger partial charge in [-0.05, 0) is 0 Å². The first-order valence-electron chi connectivity index (χ1n) is 2.31. The molecule has 0 fully saturated rings. The Morgan fingerprint density at radius 3 is 2.29 bits per heavy atom. The zero-order valence-corrected chi connectivity index (χ0v) is 4.56. The third kappa shape index (κ3) is 1.18. The third-order valence-corrected chi connectivity index (χ3v) is 1.12. The van der Waals surface area contributed by atoms with Crippen molar-refractivity contribution in [3.05, 3.63) is 12.3 Å². The SMILES string of the molecule is [Li][c]1cco[c]1[Li]. The summed E-state index contributed by atoms with van der Waals surface area (Å²) < 4.78 is 7.20. The molecule has 0 unspecified atom stereocenters. The van der Waals surface area contributed by atoms with E-state index in [0.29, 0.717) is 0 Å². The van der Waals surface area contributed by atoms with Crippen molar-refractivity contribution in [2.45, 2.75) is 0 Å². The molecule has 0 saturated carbocycles. The molecule has 26 valence electrons. The van der Waals surface area contributed by atoms with Crippen LogP contribution < -0.4 is 8.67 Å². The fraction of sp³-hybridized carbons (Fsp3) is 0. The molecule has 1 rings (SSSR count). The van der Waals surface area contributed by atoms with Crippen LogP contribution in [0.15, 0.2) is 16.7 Å². The summed E-state index contributed by atoms with van der Waals surface area (Å²) in [6, 6.07) is 1.95. The molecule has 0 amide bonds. The van der Waals surface area contributed by atoms with Gasteiger partial charge in [0.1, 0.15) is 0 Å². The second kappa shape index (κ2) is 2.16. The van der Waals surface area contributed by atoms with Gasteiger partial charge < -0.3 is 0 Å². The summed E-state index contributed by atoms with van der Waals surface area (Å²) in [5.41, 5.74) is 0. The second-order valence-electron chi connectivity index (χ2n) is 1.66. The van der Waals surface area contributed by atoms with Gasteiger partial charge in [0.25, 0.3) is 0 Å². The van der Waals surface area contributed by atoms with Crippen molar-refractivity contribution in [2.24, 2.45) is 0 Å². The van der Waals surface area contributed by atoms with Gasteiger partial charge in [-0.1, -0.05) is 0 Å². The fourth-order valence-electron chi connectivity index (χ4n) is 0.448. The van der Waals surface area contributed by atoms with Gasteiger partial charge in [-0.3, -0.25) is 0 Å². The van der Waals surface area contributed by atoms with Crippen molar-refractivity contribution < 1.29 is 4.42 Å². The van der Waals surface area contributed by atoms with E-state index in [0.717, 1.165) is 4.43 Å². The minimum atomic E-state index is 1.01. The van der Waals surface area contributed by atoms with E-state index >= 15 is 0 Å². The molecule has 0 aliphatic heterocycles. The Kier molecular flexibility index (Phi) is 1.73. The summed E-state index contributed by atoms with van der Waals surface area (Å²) in [6.07, 6.45) is 1.70. The monoisotopic (exact) mass is 80.0 g/mol. The second-order valence-corrected chi connectivity index (χ2v) is 1.66. The van der Waals surface area contributed by atoms with Crippen LogP contribution >= 0.6 is 0 Å². The van der Waals surface area contributed by atoms with Crippen LogP contribution in [0.1, 0.15) is 0 Å². The summed E-state index contributed by atoms with van der Waals surface area (Å²) >= 11 is 3.98. The number of furan rings is 1. The van der Waals surface area contributed by atoms with Gasteiger partial charge >= 0.3 is 60.8 Å². The Labute approximate surface area is 60.9 Å². The summed E-state index contributed by atoms with van der Waals surface area (Å²) in [7, 11) is 0. The van der Waals surface area contributed by atoms with E-state index in [-0.39, 0.29) is 0 Å². The van der Waals surface area contributed by atoms with E-state index in [2.05, 4.69) is 0 Å². The molecule has 0 aliphatic rings. The standard InChI is InChI=1S/C4H2O.2Li/c1-2-4-5-3-1;;/h1,3H;;. The summed E-state index contributed by atoms with van der Waals surface area (Å²) in [4.78, 5) is 0. The molecule has 0 aliphatic carbocycles. The number of hydrogen-bond donors (Lipinski definition) is 0. The Bertz CT molecular complexity index is 142. The average molecular weight is 79.9 g/mol. The first kappa shape index (κ1) is 5.61. The molecular weight excluding hydrogens is 77.9 g/mol. The topological polar surface area (TPSA) is 13.1 Å². The van der Waals surface area contributed by atoms with Crippen molar-refractivity contribution in [3.8, 4) is 0 Å². The molecule has 3 heteroatoms. The minimum absolute atomic E-state index is 1.01. The molecule has 0 radical (unpaired) electrons. The van der Waals surface area contributed by atoms with Crippen LogP contribution in [0.2, 0.25) is 0 Å². The van der Waals surface area contributed by atoms with Gasteiger partial charge in [0, 0.05) is 0 Å². The summed E-state index contributed by atoms with van der Waals surface area (Å²) in [5.74, 6) is 0. The van der Waals surface area contributed by atoms with Crippen LogP contribution in [-0.2, 0) is 0 Å². The first-order valence-corrected chi connectivity index (χ1v) is 2.31. The Balaban J connectivity index is 3.12. The molecule has 1 aromatic rings. The van der Waals surface area contributed by atoms with E-state index < -0.39 is 0 Å². The summed E-state index contributed by atoms with van der Waals surface area (Å²) in [5, 5.41) is 0. The van der Waals surface area contributed by atoms with Crippen LogP contribution in [0.5, 0.6) is 0 Å². The Morgan fingerprint density at radius 2 is 2.14 bits per heavy atom. The van der Waals surface area contributed by atoms with E-state index in [4.69, 9.17) is 4.42 Å². The normalized spacial score (nSPS) is 9.71. The molecule has 0 N–H and O–H groups in total. The number of hydrogen-bond acceptors (Lipinski definition) is 1. The first-order chi connectivity index (χ1) is 3.30. The fourth-order valence-corrected chi connectivity index (χ4v) is 0.448. The van der Waals surface area contributed by atoms with Gasteiger partial charge in [-0.2, -0.15) is 0 Å². The van der Waals surface area contributed by atoms with Crippen LogP contribution in [0, 0.1) is 0 Å². The molecule has 0 saturated heterocycles. The van der Waals surface area contributed by atoms with Crippen LogP contribution in [-0.4, -0.2) is 35.4 Å². The zero-order chi connectivity index (χ0) is 5.28.